The number of aliphatic hydroxyl groups is 2. The van der Waals surface area contributed by atoms with E-state index in [0.717, 1.165) is 5.56 Å². The largest absolute Gasteiger partial charge is 0.398 e. The van der Waals surface area contributed by atoms with Gasteiger partial charge in [-0.2, -0.15) is 0 Å². The first-order chi connectivity index (χ1) is 8.00. The molecule has 92 valence electrons. The Bertz CT molecular complexity index is 417. The van der Waals surface area contributed by atoms with E-state index < -0.39 is 12.2 Å². The molecule has 5 nitrogen and oxygen atoms in total. The first-order valence-corrected chi connectivity index (χ1v) is 5.51. The van der Waals surface area contributed by atoms with Crippen molar-refractivity contribution >= 4 is 11.6 Å². The quantitative estimate of drug-likeness (QED) is 0.587. The number of rotatable bonds is 1. The van der Waals surface area contributed by atoms with Crippen LogP contribution in [0.5, 0.6) is 0 Å². The Balaban J connectivity index is 2.27. The van der Waals surface area contributed by atoms with E-state index in [1.54, 1.807) is 12.1 Å². The molecule has 4 N–H and O–H groups in total. The summed E-state index contributed by atoms with van der Waals surface area (Å²) in [5.41, 5.74) is 7.46. The molecule has 1 heterocycles. The molecule has 0 aromatic heterocycles. The SMILES string of the molecule is Cc1cccc(N)c1C(=O)N1C[C@@H](O)[C@@H](O)C1. The number of hydrogen-bond acceptors (Lipinski definition) is 4. The third-order valence-electron chi connectivity index (χ3n) is 3.07. The van der Waals surface area contributed by atoms with Crippen LogP contribution in [0.25, 0.3) is 0 Å². The molecule has 0 unspecified atom stereocenters. The van der Waals surface area contributed by atoms with Gasteiger partial charge in [0.25, 0.3) is 5.91 Å². The maximum absolute atomic E-state index is 12.2. The smallest absolute Gasteiger partial charge is 0.256 e. The van der Waals surface area contributed by atoms with Crippen molar-refractivity contribution in [2.45, 2.75) is 19.1 Å². The fourth-order valence-corrected chi connectivity index (χ4v) is 2.08. The van der Waals surface area contributed by atoms with Crippen molar-refractivity contribution in [3.63, 3.8) is 0 Å². The van der Waals surface area contributed by atoms with Gasteiger partial charge in [-0.1, -0.05) is 12.1 Å². The lowest BCUT2D eigenvalue weighted by Gasteiger charge is -2.18. The number of nitrogens with two attached hydrogens (primary N) is 1. The summed E-state index contributed by atoms with van der Waals surface area (Å²) >= 11 is 0. The van der Waals surface area contributed by atoms with Crippen molar-refractivity contribution < 1.29 is 15.0 Å². The van der Waals surface area contributed by atoms with E-state index in [-0.39, 0.29) is 19.0 Å². The summed E-state index contributed by atoms with van der Waals surface area (Å²) in [6, 6.07) is 5.27. The average Bonchev–Trinajstić information content (AvgIpc) is 2.59. The maximum atomic E-state index is 12.2. The summed E-state index contributed by atoms with van der Waals surface area (Å²) in [5, 5.41) is 18.9. The van der Waals surface area contributed by atoms with Crippen LogP contribution in [0.1, 0.15) is 15.9 Å². The molecule has 2 atom stereocenters. The van der Waals surface area contributed by atoms with Crippen molar-refractivity contribution in [2.24, 2.45) is 0 Å². The highest BCUT2D eigenvalue weighted by Gasteiger charge is 2.33. The number of aryl methyl sites for hydroxylation is 1. The van der Waals surface area contributed by atoms with Crippen LogP contribution in [0.2, 0.25) is 0 Å². The number of aliphatic hydroxyl groups excluding tert-OH is 2. The van der Waals surface area contributed by atoms with Crippen molar-refractivity contribution in [3.8, 4) is 0 Å². The predicted octanol–water partition coefficient (Wildman–Crippen LogP) is -0.245. The number of β-amino-alcohol motifs (C(OH)–C–C–N with tert-alkyl or cyclic N) is 2. The number of benzene rings is 1. The fourth-order valence-electron chi connectivity index (χ4n) is 2.08. The van der Waals surface area contributed by atoms with Gasteiger partial charge < -0.3 is 20.8 Å². The van der Waals surface area contributed by atoms with Gasteiger partial charge in [-0.3, -0.25) is 4.79 Å². The van der Waals surface area contributed by atoms with Crippen LogP contribution in [0.4, 0.5) is 5.69 Å². The lowest BCUT2D eigenvalue weighted by Crippen LogP contribution is -2.31. The Kier molecular flexibility index (Phi) is 3.04. The third kappa shape index (κ3) is 2.11. The Morgan fingerprint density at radius 3 is 2.47 bits per heavy atom. The molecule has 0 bridgehead atoms. The number of nitrogen functional groups attached to an aromatic ring is 1. The molecule has 17 heavy (non-hydrogen) atoms. The molecule has 1 aliphatic rings. The minimum atomic E-state index is -0.871. The summed E-state index contributed by atoms with van der Waals surface area (Å²) in [4.78, 5) is 13.6. The minimum absolute atomic E-state index is 0.147. The van der Waals surface area contributed by atoms with Crippen LogP contribution in [0.15, 0.2) is 18.2 Å². The van der Waals surface area contributed by atoms with Crippen LogP contribution in [0.3, 0.4) is 0 Å². The van der Waals surface area contributed by atoms with Crippen molar-refractivity contribution in [1.82, 2.24) is 4.90 Å². The molecule has 0 radical (unpaired) electrons. The standard InChI is InChI=1S/C12H16N2O3/c1-7-3-2-4-8(13)11(7)12(17)14-5-9(15)10(16)6-14/h2-4,9-10,15-16H,5-6,13H2,1H3/t9-,10+. The molecule has 0 aliphatic carbocycles. The molecule has 1 aliphatic heterocycles. The van der Waals surface area contributed by atoms with Gasteiger partial charge in [0.1, 0.15) is 0 Å². The Morgan fingerprint density at radius 1 is 1.35 bits per heavy atom. The number of anilines is 1. The summed E-state index contributed by atoms with van der Waals surface area (Å²) in [5.74, 6) is -0.240. The zero-order chi connectivity index (χ0) is 12.6. The van der Waals surface area contributed by atoms with Gasteiger partial charge in [0.2, 0.25) is 0 Å². The van der Waals surface area contributed by atoms with Crippen molar-refractivity contribution in [1.29, 1.82) is 0 Å². The molecule has 1 amide bonds. The Hall–Kier alpha value is -1.59. The molecule has 1 aromatic carbocycles. The van der Waals surface area contributed by atoms with Gasteiger partial charge in [-0.05, 0) is 18.6 Å². The third-order valence-corrected chi connectivity index (χ3v) is 3.07. The zero-order valence-electron chi connectivity index (χ0n) is 9.63. The van der Waals surface area contributed by atoms with E-state index in [9.17, 15) is 15.0 Å². The second-order valence-electron chi connectivity index (χ2n) is 4.38. The monoisotopic (exact) mass is 236 g/mol. The Labute approximate surface area is 99.5 Å². The van der Waals surface area contributed by atoms with Gasteiger partial charge in [0.15, 0.2) is 0 Å². The average molecular weight is 236 g/mol. The summed E-state index contributed by atoms with van der Waals surface area (Å²) in [6.07, 6.45) is -1.74. The van der Waals surface area contributed by atoms with E-state index in [0.29, 0.717) is 11.3 Å². The van der Waals surface area contributed by atoms with E-state index in [4.69, 9.17) is 5.73 Å². The highest BCUT2D eigenvalue weighted by molar-refractivity contribution is 6.00. The number of carbonyl (C=O) groups excluding carboxylic acids is 1. The van der Waals surface area contributed by atoms with Crippen molar-refractivity contribution in [2.75, 3.05) is 18.8 Å². The molecule has 5 heteroatoms. The van der Waals surface area contributed by atoms with Crippen molar-refractivity contribution in [3.05, 3.63) is 29.3 Å². The number of nitrogens with zero attached hydrogens (tertiary/aromatic N) is 1. The molecular formula is C12H16N2O3. The molecule has 2 rings (SSSR count). The van der Waals surface area contributed by atoms with E-state index >= 15 is 0 Å². The van der Waals surface area contributed by atoms with Gasteiger partial charge >= 0.3 is 0 Å². The fraction of sp³-hybridized carbons (Fsp3) is 0.417. The lowest BCUT2D eigenvalue weighted by atomic mass is 10.1. The second kappa shape index (κ2) is 4.35. The van der Waals surface area contributed by atoms with Crippen LogP contribution >= 0.6 is 0 Å². The van der Waals surface area contributed by atoms with Crippen LogP contribution in [-0.4, -0.2) is 46.3 Å². The highest BCUT2D eigenvalue weighted by Crippen LogP contribution is 2.21. The van der Waals surface area contributed by atoms with Gasteiger partial charge in [0.05, 0.1) is 17.8 Å². The number of amides is 1. The molecule has 1 saturated heterocycles. The summed E-state index contributed by atoms with van der Waals surface area (Å²) < 4.78 is 0. The molecule has 1 fully saturated rings. The maximum Gasteiger partial charge on any atom is 0.256 e. The van der Waals surface area contributed by atoms with E-state index in [1.807, 2.05) is 13.0 Å². The lowest BCUT2D eigenvalue weighted by molar-refractivity contribution is 0.0572. The number of likely N-dealkylation sites (tertiary alicyclic amines) is 1. The normalized spacial score (nSPS) is 24.1. The minimum Gasteiger partial charge on any atom is -0.398 e. The van der Waals surface area contributed by atoms with Gasteiger partial charge in [-0.25, -0.2) is 0 Å². The predicted molar refractivity (Wildman–Crippen MR) is 63.5 cm³/mol. The van der Waals surface area contributed by atoms with Crippen LogP contribution < -0.4 is 5.73 Å². The van der Waals surface area contributed by atoms with E-state index in [2.05, 4.69) is 0 Å². The molecule has 1 aromatic rings. The van der Waals surface area contributed by atoms with Gasteiger partial charge in [-0.15, -0.1) is 0 Å². The number of carbonyl (C=O) groups is 1. The van der Waals surface area contributed by atoms with Gasteiger partial charge in [0, 0.05) is 18.8 Å². The van der Waals surface area contributed by atoms with Crippen LogP contribution in [-0.2, 0) is 0 Å². The molecule has 0 saturated carbocycles. The zero-order valence-corrected chi connectivity index (χ0v) is 9.63. The van der Waals surface area contributed by atoms with E-state index in [1.165, 1.54) is 4.90 Å². The molecular weight excluding hydrogens is 220 g/mol. The molecule has 0 spiro atoms. The summed E-state index contributed by atoms with van der Waals surface area (Å²) in [6.45, 7) is 2.11. The van der Waals surface area contributed by atoms with Crippen LogP contribution in [0, 0.1) is 6.92 Å². The first kappa shape index (κ1) is 11.9. The Morgan fingerprint density at radius 2 is 1.94 bits per heavy atom. The highest BCUT2D eigenvalue weighted by atomic mass is 16.3. The second-order valence-corrected chi connectivity index (χ2v) is 4.38. The topological polar surface area (TPSA) is 86.8 Å². The number of hydrogen-bond donors (Lipinski definition) is 3. The summed E-state index contributed by atoms with van der Waals surface area (Å²) in [7, 11) is 0. The first-order valence-electron chi connectivity index (χ1n) is 5.51.